The van der Waals surface area contributed by atoms with Crippen molar-refractivity contribution >= 4 is 17.2 Å². The predicted octanol–water partition coefficient (Wildman–Crippen LogP) is 4.73. The fourth-order valence-electron chi connectivity index (χ4n) is 3.01. The van der Waals surface area contributed by atoms with Gasteiger partial charge in [0.1, 0.15) is 0 Å². The summed E-state index contributed by atoms with van der Waals surface area (Å²) < 4.78 is 0. The number of anilines is 1. The number of aromatic nitrogens is 1. The van der Waals surface area contributed by atoms with Crippen molar-refractivity contribution in [1.82, 2.24) is 10.3 Å². The molecule has 1 fully saturated rings. The molecule has 1 heterocycles. The Bertz CT molecular complexity index is 875. The average Bonchev–Trinajstić information content (AvgIpc) is 3.55. The second-order valence-corrected chi connectivity index (χ2v) is 7.03. The molecule has 0 saturated heterocycles. The lowest BCUT2D eigenvalue weighted by Crippen LogP contribution is -2.36. The normalized spacial score (nSPS) is 14.5. The first-order chi connectivity index (χ1) is 13.7. The van der Waals surface area contributed by atoms with E-state index in [-0.39, 0.29) is 0 Å². The first-order valence-electron chi connectivity index (χ1n) is 9.90. The summed E-state index contributed by atoms with van der Waals surface area (Å²) in [5.74, 6) is 0.597. The molecule has 0 aliphatic heterocycles. The van der Waals surface area contributed by atoms with Gasteiger partial charge in [0, 0.05) is 30.7 Å². The lowest BCUT2D eigenvalue weighted by molar-refractivity contribution is 0.815. The first kappa shape index (κ1) is 19.6. The molecular weight excluding hydrogens is 346 g/mol. The molecule has 1 N–H and O–H groups in total. The highest BCUT2D eigenvalue weighted by Gasteiger charge is 2.22. The molecule has 1 aromatic carbocycles. The van der Waals surface area contributed by atoms with Crippen LogP contribution in [0.25, 0.3) is 5.57 Å². The third-order valence-corrected chi connectivity index (χ3v) is 4.76. The van der Waals surface area contributed by atoms with Crippen LogP contribution in [0.3, 0.4) is 0 Å². The van der Waals surface area contributed by atoms with Gasteiger partial charge in [0.2, 0.25) is 5.96 Å². The Morgan fingerprint density at radius 1 is 1.32 bits per heavy atom. The number of guanidine groups is 1. The van der Waals surface area contributed by atoms with E-state index in [1.165, 1.54) is 12.0 Å². The highest BCUT2D eigenvalue weighted by Crippen LogP contribution is 2.28. The summed E-state index contributed by atoms with van der Waals surface area (Å²) in [6, 6.07) is 12.8. The van der Waals surface area contributed by atoms with Crippen LogP contribution in [0.5, 0.6) is 0 Å². The third kappa shape index (κ3) is 5.20. The van der Waals surface area contributed by atoms with Crippen molar-refractivity contribution in [3.8, 4) is 6.19 Å². The Hall–Kier alpha value is -3.13. The van der Waals surface area contributed by atoms with E-state index in [0.29, 0.717) is 12.0 Å². The number of nitrogens with zero attached hydrogens (tertiary/aromatic N) is 4. The van der Waals surface area contributed by atoms with Crippen LogP contribution in [0.2, 0.25) is 0 Å². The fraction of sp³-hybridized carbons (Fsp3) is 0.348. The van der Waals surface area contributed by atoms with E-state index in [1.807, 2.05) is 42.5 Å². The molecule has 28 heavy (non-hydrogen) atoms. The highest BCUT2D eigenvalue weighted by molar-refractivity contribution is 5.97. The first-order valence-corrected chi connectivity index (χ1v) is 9.90. The molecule has 0 amide bonds. The molecule has 144 valence electrons. The summed E-state index contributed by atoms with van der Waals surface area (Å²) in [5, 5.41) is 11.8. The van der Waals surface area contributed by atoms with Gasteiger partial charge in [-0.1, -0.05) is 44.0 Å². The number of unbranched alkanes of at least 4 members (excludes halogenated alkanes) is 2. The quantitative estimate of drug-likeness (QED) is 0.251. The highest BCUT2D eigenvalue weighted by atomic mass is 15.3. The summed E-state index contributed by atoms with van der Waals surface area (Å²) in [6.45, 7) is 2.20. The third-order valence-electron chi connectivity index (χ3n) is 4.76. The molecule has 0 unspecified atom stereocenters. The molecule has 1 aliphatic carbocycles. The zero-order valence-electron chi connectivity index (χ0n) is 16.6. The van der Waals surface area contributed by atoms with E-state index >= 15 is 0 Å². The summed E-state index contributed by atoms with van der Waals surface area (Å²) >= 11 is 0. The molecule has 5 heteroatoms. The van der Waals surface area contributed by atoms with Gasteiger partial charge in [0.25, 0.3) is 0 Å². The summed E-state index contributed by atoms with van der Waals surface area (Å²) in [5.41, 5.74) is 4.42. The Morgan fingerprint density at radius 3 is 2.82 bits per heavy atom. The largest absolute Gasteiger partial charge is 0.315 e. The molecule has 1 saturated carbocycles. The summed E-state index contributed by atoms with van der Waals surface area (Å²) in [6.07, 6.45) is 13.6. The van der Waals surface area contributed by atoms with E-state index < -0.39 is 0 Å². The molecule has 0 spiro atoms. The van der Waals surface area contributed by atoms with Gasteiger partial charge in [0.05, 0.1) is 6.04 Å². The topological polar surface area (TPSA) is 64.3 Å². The second kappa shape index (κ2) is 9.70. The van der Waals surface area contributed by atoms with Crippen LogP contribution in [0.1, 0.15) is 50.2 Å². The lowest BCUT2D eigenvalue weighted by Gasteiger charge is -2.21. The number of nitriles is 1. The van der Waals surface area contributed by atoms with Crippen LogP contribution in [0.4, 0.5) is 5.69 Å². The van der Waals surface area contributed by atoms with E-state index in [0.717, 1.165) is 42.5 Å². The van der Waals surface area contributed by atoms with Crippen LogP contribution >= 0.6 is 0 Å². The Labute approximate surface area is 167 Å². The monoisotopic (exact) mass is 373 g/mol. The molecule has 5 nitrogen and oxygen atoms in total. The average molecular weight is 374 g/mol. The zero-order chi connectivity index (χ0) is 19.8. The minimum Gasteiger partial charge on any atom is -0.315 e. The van der Waals surface area contributed by atoms with Gasteiger partial charge >= 0.3 is 0 Å². The molecule has 3 rings (SSSR count). The minimum atomic E-state index is 0.335. The molecule has 2 aromatic rings. The maximum absolute atomic E-state index is 9.09. The summed E-state index contributed by atoms with van der Waals surface area (Å²) in [4.78, 5) is 10.9. The number of nitrogens with one attached hydrogen (secondary N) is 1. The Kier molecular flexibility index (Phi) is 6.80. The SMILES string of the molecule is CCCC/C=C(\c1cccnc1)c1cccc(N(C)C(=NC2CC2)NC#N)c1. The maximum atomic E-state index is 9.09. The van der Waals surface area contributed by atoms with Gasteiger partial charge in [-0.15, -0.1) is 0 Å². The van der Waals surface area contributed by atoms with Crippen LogP contribution in [-0.4, -0.2) is 24.0 Å². The Balaban J connectivity index is 1.93. The number of hydrogen-bond acceptors (Lipinski definition) is 3. The van der Waals surface area contributed by atoms with Gasteiger partial charge in [0.15, 0.2) is 6.19 Å². The van der Waals surface area contributed by atoms with Crippen LogP contribution < -0.4 is 10.2 Å². The van der Waals surface area contributed by atoms with E-state index in [4.69, 9.17) is 5.26 Å². The number of allylic oxidation sites excluding steroid dienone is 1. The number of benzene rings is 1. The molecule has 0 radical (unpaired) electrons. The van der Waals surface area contributed by atoms with Crippen LogP contribution in [-0.2, 0) is 0 Å². The van der Waals surface area contributed by atoms with Crippen molar-refractivity contribution in [2.45, 2.75) is 45.1 Å². The molecule has 0 bridgehead atoms. The van der Waals surface area contributed by atoms with Gasteiger partial charge in [-0.3, -0.25) is 10.3 Å². The van der Waals surface area contributed by atoms with Crippen molar-refractivity contribution in [3.05, 3.63) is 66.0 Å². The van der Waals surface area contributed by atoms with E-state index in [9.17, 15) is 0 Å². The van der Waals surface area contributed by atoms with Crippen molar-refractivity contribution in [1.29, 1.82) is 5.26 Å². The van der Waals surface area contributed by atoms with E-state index in [2.05, 4.69) is 46.5 Å². The predicted molar refractivity (Wildman–Crippen MR) is 115 cm³/mol. The van der Waals surface area contributed by atoms with Gasteiger partial charge in [-0.2, -0.15) is 5.26 Å². The number of rotatable bonds is 7. The van der Waals surface area contributed by atoms with Gasteiger partial charge in [-0.25, -0.2) is 4.99 Å². The second-order valence-electron chi connectivity index (χ2n) is 7.03. The van der Waals surface area contributed by atoms with E-state index in [1.54, 1.807) is 6.20 Å². The van der Waals surface area contributed by atoms with Crippen molar-refractivity contribution < 1.29 is 0 Å². The molecular formula is C23H27N5. The standard InChI is InChI=1S/C23H27N5/c1-3-4-5-11-22(19-9-7-14-25-16-19)18-8-6-10-21(15-18)28(2)23(26-17-24)27-20-12-13-20/h6-11,14-16,20H,3-5,12-13H2,1-2H3,(H,26,27)/b22-11-. The maximum Gasteiger partial charge on any atom is 0.211 e. The lowest BCUT2D eigenvalue weighted by atomic mass is 9.97. The van der Waals surface area contributed by atoms with Gasteiger partial charge in [-0.05, 0) is 48.6 Å². The van der Waals surface area contributed by atoms with Crippen molar-refractivity contribution in [3.63, 3.8) is 0 Å². The zero-order valence-corrected chi connectivity index (χ0v) is 16.6. The van der Waals surface area contributed by atoms with Crippen LogP contribution in [0.15, 0.2) is 59.9 Å². The van der Waals surface area contributed by atoms with Gasteiger partial charge < -0.3 is 4.90 Å². The number of aliphatic imine (C=N–C) groups is 1. The number of hydrogen-bond donors (Lipinski definition) is 1. The van der Waals surface area contributed by atoms with Crippen LogP contribution in [0, 0.1) is 11.5 Å². The Morgan fingerprint density at radius 2 is 2.14 bits per heavy atom. The molecule has 1 aromatic heterocycles. The number of pyridine rings is 1. The van der Waals surface area contributed by atoms with Crippen molar-refractivity contribution in [2.24, 2.45) is 4.99 Å². The fourth-order valence-corrected chi connectivity index (χ4v) is 3.01. The molecule has 0 atom stereocenters. The molecule has 1 aliphatic rings. The smallest absolute Gasteiger partial charge is 0.211 e. The minimum absolute atomic E-state index is 0.335. The summed E-state index contributed by atoms with van der Waals surface area (Å²) in [7, 11) is 1.94. The van der Waals surface area contributed by atoms with Crippen molar-refractivity contribution in [2.75, 3.05) is 11.9 Å².